The summed E-state index contributed by atoms with van der Waals surface area (Å²) in [6.45, 7) is 6.96. The van der Waals surface area contributed by atoms with Crippen LogP contribution in [-0.2, 0) is 26.2 Å². The van der Waals surface area contributed by atoms with E-state index in [9.17, 15) is 18.0 Å². The van der Waals surface area contributed by atoms with E-state index in [4.69, 9.17) is 34.8 Å². The molecular formula is C24H30Cl3N3O4S. The summed E-state index contributed by atoms with van der Waals surface area (Å²) in [5, 5.41) is 3.84. The lowest BCUT2D eigenvalue weighted by Crippen LogP contribution is -2.51. The van der Waals surface area contributed by atoms with Gasteiger partial charge in [0.05, 0.1) is 11.9 Å². The summed E-state index contributed by atoms with van der Waals surface area (Å²) >= 11 is 18.9. The van der Waals surface area contributed by atoms with Crippen LogP contribution in [0.2, 0.25) is 15.1 Å². The Kier molecular flexibility index (Phi) is 10.3. The summed E-state index contributed by atoms with van der Waals surface area (Å²) in [5.41, 5.74) is 1.24. The van der Waals surface area contributed by atoms with Crippen molar-refractivity contribution in [3.05, 3.63) is 62.6 Å². The second-order valence-corrected chi connectivity index (χ2v) is 11.8. The predicted octanol–water partition coefficient (Wildman–Crippen LogP) is 4.91. The molecule has 0 aliphatic rings. The number of rotatable bonds is 10. The van der Waals surface area contributed by atoms with E-state index < -0.39 is 28.5 Å². The summed E-state index contributed by atoms with van der Waals surface area (Å²) < 4.78 is 26.4. The van der Waals surface area contributed by atoms with Crippen LogP contribution in [0.3, 0.4) is 0 Å². The third-order valence-electron chi connectivity index (χ3n) is 5.43. The topological polar surface area (TPSA) is 86.8 Å². The van der Waals surface area contributed by atoms with Gasteiger partial charge in [0.1, 0.15) is 12.6 Å². The summed E-state index contributed by atoms with van der Waals surface area (Å²) in [6.07, 6.45) is 1.01. The number of hydrogen-bond acceptors (Lipinski definition) is 4. The molecule has 0 radical (unpaired) electrons. The van der Waals surface area contributed by atoms with Crippen molar-refractivity contribution in [1.82, 2.24) is 10.2 Å². The Morgan fingerprint density at radius 3 is 2.06 bits per heavy atom. The van der Waals surface area contributed by atoms with Gasteiger partial charge in [0.25, 0.3) is 0 Å². The minimum atomic E-state index is -3.87. The highest BCUT2D eigenvalue weighted by Crippen LogP contribution is 2.30. The largest absolute Gasteiger partial charge is 0.354 e. The summed E-state index contributed by atoms with van der Waals surface area (Å²) in [6, 6.07) is 8.83. The third-order valence-corrected chi connectivity index (χ3v) is 7.67. The van der Waals surface area contributed by atoms with Crippen molar-refractivity contribution in [3.8, 4) is 0 Å². The second-order valence-electron chi connectivity index (χ2n) is 8.69. The molecule has 192 valence electrons. The van der Waals surface area contributed by atoms with Gasteiger partial charge in [-0.1, -0.05) is 60.8 Å². The van der Waals surface area contributed by atoms with Crippen molar-refractivity contribution in [3.63, 3.8) is 0 Å². The first-order chi connectivity index (χ1) is 16.2. The lowest BCUT2D eigenvalue weighted by atomic mass is 10.1. The van der Waals surface area contributed by atoms with Crippen LogP contribution in [0.5, 0.6) is 0 Å². The van der Waals surface area contributed by atoms with E-state index >= 15 is 0 Å². The van der Waals surface area contributed by atoms with E-state index in [2.05, 4.69) is 5.32 Å². The molecule has 0 aliphatic carbocycles. The van der Waals surface area contributed by atoms with Gasteiger partial charge in [0.2, 0.25) is 21.8 Å². The molecule has 0 heterocycles. The van der Waals surface area contributed by atoms with Crippen molar-refractivity contribution >= 4 is 62.3 Å². The monoisotopic (exact) mass is 561 g/mol. The zero-order valence-electron chi connectivity index (χ0n) is 20.3. The van der Waals surface area contributed by atoms with Crippen LogP contribution in [0.1, 0.15) is 31.9 Å². The van der Waals surface area contributed by atoms with Crippen LogP contribution < -0.4 is 9.62 Å². The molecule has 0 saturated heterocycles. The lowest BCUT2D eigenvalue weighted by Gasteiger charge is -2.32. The van der Waals surface area contributed by atoms with E-state index in [1.165, 1.54) is 4.90 Å². The molecule has 0 spiro atoms. The van der Waals surface area contributed by atoms with Crippen LogP contribution >= 0.6 is 34.8 Å². The van der Waals surface area contributed by atoms with Gasteiger partial charge in [0.15, 0.2) is 0 Å². The molecule has 0 fully saturated rings. The molecule has 1 N–H and O–H groups in total. The molecule has 2 rings (SSSR count). The Morgan fingerprint density at radius 1 is 0.971 bits per heavy atom. The number of sulfonamides is 1. The lowest BCUT2D eigenvalue weighted by molar-refractivity contribution is -0.139. The van der Waals surface area contributed by atoms with E-state index in [-0.39, 0.29) is 24.1 Å². The number of nitrogens with one attached hydrogen (secondary N) is 1. The van der Waals surface area contributed by atoms with Crippen LogP contribution in [0.25, 0.3) is 0 Å². The van der Waals surface area contributed by atoms with Gasteiger partial charge in [-0.05, 0) is 49.6 Å². The standard InChI is InChI=1S/C24H30Cl3N3O4S/c1-15(2)12-28-24(32)17(4)29(13-18-20(26)9-6-10-21(18)27)23(31)14-30(35(5,33)34)22-11-7-8-19(25)16(22)3/h6-11,15,17H,12-14H2,1-5H3,(H,28,32). The first kappa shape index (κ1) is 29.2. The Labute approximate surface area is 222 Å². The highest BCUT2D eigenvalue weighted by molar-refractivity contribution is 7.92. The second kappa shape index (κ2) is 12.3. The first-order valence-electron chi connectivity index (χ1n) is 11.0. The third kappa shape index (κ3) is 7.74. The van der Waals surface area contributed by atoms with E-state index in [1.807, 2.05) is 13.8 Å². The molecule has 0 bridgehead atoms. The van der Waals surface area contributed by atoms with Crippen LogP contribution in [0.15, 0.2) is 36.4 Å². The van der Waals surface area contributed by atoms with Crippen LogP contribution in [-0.4, -0.2) is 50.5 Å². The van der Waals surface area contributed by atoms with Gasteiger partial charge in [-0.15, -0.1) is 0 Å². The fourth-order valence-corrected chi connectivity index (χ4v) is 4.94. The van der Waals surface area contributed by atoms with E-state index in [0.29, 0.717) is 32.7 Å². The minimum absolute atomic E-state index is 0.0836. The number of amides is 2. The van der Waals surface area contributed by atoms with Crippen LogP contribution in [0.4, 0.5) is 5.69 Å². The Bertz CT molecular complexity index is 1170. The number of carbonyl (C=O) groups excluding carboxylic acids is 2. The van der Waals surface area contributed by atoms with E-state index in [1.54, 1.807) is 50.2 Å². The first-order valence-corrected chi connectivity index (χ1v) is 13.9. The highest BCUT2D eigenvalue weighted by atomic mass is 35.5. The number of halogens is 3. The van der Waals surface area contributed by atoms with Crippen molar-refractivity contribution < 1.29 is 18.0 Å². The Morgan fingerprint density at radius 2 is 1.51 bits per heavy atom. The van der Waals surface area contributed by atoms with Gasteiger partial charge >= 0.3 is 0 Å². The Balaban J connectivity index is 2.47. The molecule has 0 aliphatic heterocycles. The van der Waals surface area contributed by atoms with Gasteiger partial charge in [-0.2, -0.15) is 0 Å². The predicted molar refractivity (Wildman–Crippen MR) is 143 cm³/mol. The number of anilines is 1. The smallest absolute Gasteiger partial charge is 0.244 e. The summed E-state index contributed by atoms with van der Waals surface area (Å²) in [4.78, 5) is 27.8. The fraction of sp³-hybridized carbons (Fsp3) is 0.417. The maximum Gasteiger partial charge on any atom is 0.244 e. The maximum absolute atomic E-state index is 13.6. The Hall–Kier alpha value is -2.00. The molecule has 0 aromatic heterocycles. The molecule has 1 atom stereocenters. The maximum atomic E-state index is 13.6. The number of carbonyl (C=O) groups is 2. The van der Waals surface area contributed by atoms with Crippen molar-refractivity contribution in [2.24, 2.45) is 5.92 Å². The van der Waals surface area contributed by atoms with Gasteiger partial charge < -0.3 is 10.2 Å². The van der Waals surface area contributed by atoms with Crippen LogP contribution in [0, 0.1) is 12.8 Å². The minimum Gasteiger partial charge on any atom is -0.354 e. The molecule has 1 unspecified atom stereocenters. The zero-order chi connectivity index (χ0) is 26.5. The van der Waals surface area contributed by atoms with E-state index in [0.717, 1.165) is 10.6 Å². The molecule has 35 heavy (non-hydrogen) atoms. The zero-order valence-corrected chi connectivity index (χ0v) is 23.4. The van der Waals surface area contributed by atoms with Crippen molar-refractivity contribution in [1.29, 1.82) is 0 Å². The SMILES string of the molecule is Cc1c(Cl)cccc1N(CC(=O)N(Cc1c(Cl)cccc1Cl)C(C)C(=O)NCC(C)C)S(C)(=O)=O. The van der Waals surface area contributed by atoms with Gasteiger partial charge in [0, 0.05) is 33.7 Å². The quantitative estimate of drug-likeness (QED) is 0.446. The normalized spacial score (nSPS) is 12.4. The number of benzene rings is 2. The molecule has 0 saturated carbocycles. The van der Waals surface area contributed by atoms with Crippen molar-refractivity contribution in [2.75, 3.05) is 23.7 Å². The number of nitrogens with zero attached hydrogens (tertiary/aromatic N) is 2. The molecule has 2 aromatic carbocycles. The molecule has 11 heteroatoms. The fourth-order valence-electron chi connectivity index (χ4n) is 3.35. The number of hydrogen-bond donors (Lipinski definition) is 1. The highest BCUT2D eigenvalue weighted by Gasteiger charge is 2.31. The molecule has 2 amide bonds. The molecule has 2 aromatic rings. The summed E-state index contributed by atoms with van der Waals surface area (Å²) in [5.74, 6) is -0.766. The van der Waals surface area contributed by atoms with Crippen molar-refractivity contribution in [2.45, 2.75) is 40.3 Å². The average Bonchev–Trinajstić information content (AvgIpc) is 2.76. The summed E-state index contributed by atoms with van der Waals surface area (Å²) in [7, 11) is -3.87. The average molecular weight is 563 g/mol. The molecule has 7 nitrogen and oxygen atoms in total. The van der Waals surface area contributed by atoms with Gasteiger partial charge in [-0.25, -0.2) is 8.42 Å². The molecular weight excluding hydrogens is 533 g/mol. The van der Waals surface area contributed by atoms with Gasteiger partial charge in [-0.3, -0.25) is 13.9 Å².